The third-order valence-electron chi connectivity index (χ3n) is 3.62. The lowest BCUT2D eigenvalue weighted by molar-refractivity contribution is -0.158. The summed E-state index contributed by atoms with van der Waals surface area (Å²) in [5.74, 6) is -1.56. The van der Waals surface area contributed by atoms with E-state index in [1.54, 1.807) is 13.8 Å². The Hall–Kier alpha value is -0.620. The summed E-state index contributed by atoms with van der Waals surface area (Å²) < 4.78 is 22.5. The van der Waals surface area contributed by atoms with Crippen molar-refractivity contribution in [2.75, 3.05) is 5.75 Å². The number of hydrogen-bond acceptors (Lipinski definition) is 4. The van der Waals surface area contributed by atoms with Crippen LogP contribution in [0.15, 0.2) is 0 Å². The van der Waals surface area contributed by atoms with E-state index in [1.165, 1.54) is 6.92 Å². The van der Waals surface area contributed by atoms with Gasteiger partial charge in [0.1, 0.15) is 0 Å². The van der Waals surface area contributed by atoms with Crippen LogP contribution in [-0.4, -0.2) is 40.7 Å². The number of sulfone groups is 1. The smallest absolute Gasteiger partial charge is 0.335 e. The average Bonchev–Trinajstić information content (AvgIpc) is 2.27. The van der Waals surface area contributed by atoms with Gasteiger partial charge in [-0.3, -0.25) is 0 Å². The predicted octanol–water partition coefficient (Wildman–Crippen LogP) is 0.425. The van der Waals surface area contributed by atoms with Gasteiger partial charge in [0.05, 0.1) is 10.5 Å². The summed E-state index contributed by atoms with van der Waals surface area (Å²) >= 11 is 0. The Labute approximate surface area is 95.4 Å². The summed E-state index contributed by atoms with van der Waals surface area (Å²) in [4.78, 5) is 10.8. The second kappa shape index (κ2) is 3.70. The fourth-order valence-corrected chi connectivity index (χ4v) is 3.91. The van der Waals surface area contributed by atoms with Crippen LogP contribution in [0, 0.1) is 5.92 Å². The molecular formula is C10H18O5S. The van der Waals surface area contributed by atoms with Crippen LogP contribution >= 0.6 is 0 Å². The molecule has 1 heterocycles. The van der Waals surface area contributed by atoms with Crippen LogP contribution in [0.3, 0.4) is 0 Å². The summed E-state index contributed by atoms with van der Waals surface area (Å²) in [5, 5.41) is 18.5. The van der Waals surface area contributed by atoms with E-state index in [0.717, 1.165) is 0 Å². The molecule has 1 rings (SSSR count). The standard InChI is InChI=1S/C10H18O5S/c1-9(2)7(4-5-16(9,14)15)6-10(3,13)8(11)12/h7,13H,4-6H2,1-3H3,(H,11,12). The van der Waals surface area contributed by atoms with Crippen molar-refractivity contribution in [3.8, 4) is 0 Å². The van der Waals surface area contributed by atoms with Gasteiger partial charge in [0.15, 0.2) is 15.4 Å². The van der Waals surface area contributed by atoms with Crippen molar-refractivity contribution in [3.05, 3.63) is 0 Å². The molecule has 2 atom stereocenters. The van der Waals surface area contributed by atoms with Crippen molar-refractivity contribution in [1.29, 1.82) is 0 Å². The topological polar surface area (TPSA) is 91.7 Å². The van der Waals surface area contributed by atoms with Crippen molar-refractivity contribution in [2.24, 2.45) is 5.92 Å². The van der Waals surface area contributed by atoms with Crippen molar-refractivity contribution in [1.82, 2.24) is 0 Å². The molecule has 0 spiro atoms. The van der Waals surface area contributed by atoms with Crippen LogP contribution in [0.1, 0.15) is 33.6 Å². The Morgan fingerprint density at radius 1 is 1.50 bits per heavy atom. The molecule has 16 heavy (non-hydrogen) atoms. The molecule has 0 aliphatic carbocycles. The summed E-state index contributed by atoms with van der Waals surface area (Å²) in [7, 11) is -3.18. The normalized spacial score (nSPS) is 30.9. The largest absolute Gasteiger partial charge is 0.479 e. The zero-order chi connectivity index (χ0) is 12.8. The number of carbonyl (C=O) groups is 1. The maximum absolute atomic E-state index is 11.7. The fraction of sp³-hybridized carbons (Fsp3) is 0.900. The molecule has 5 nitrogen and oxygen atoms in total. The predicted molar refractivity (Wildman–Crippen MR) is 58.8 cm³/mol. The Morgan fingerprint density at radius 2 is 2.00 bits per heavy atom. The first-order chi connectivity index (χ1) is 7.01. The first kappa shape index (κ1) is 13.4. The van der Waals surface area contributed by atoms with Gasteiger partial charge in [-0.2, -0.15) is 0 Å². The minimum Gasteiger partial charge on any atom is -0.479 e. The SMILES string of the molecule is CC(O)(CC1CCS(=O)(=O)C1(C)C)C(=O)O. The molecule has 1 fully saturated rings. The van der Waals surface area contributed by atoms with Crippen LogP contribution < -0.4 is 0 Å². The van der Waals surface area contributed by atoms with E-state index in [0.29, 0.717) is 6.42 Å². The van der Waals surface area contributed by atoms with Gasteiger partial charge in [0.2, 0.25) is 0 Å². The molecule has 2 unspecified atom stereocenters. The second-order valence-corrected chi connectivity index (χ2v) is 7.88. The highest BCUT2D eigenvalue weighted by molar-refractivity contribution is 7.93. The monoisotopic (exact) mass is 250 g/mol. The molecule has 0 aromatic rings. The maximum atomic E-state index is 11.7. The van der Waals surface area contributed by atoms with Crippen LogP contribution in [0.2, 0.25) is 0 Å². The van der Waals surface area contributed by atoms with E-state index in [1.807, 2.05) is 0 Å². The summed E-state index contributed by atoms with van der Waals surface area (Å²) in [6, 6.07) is 0. The van der Waals surface area contributed by atoms with Crippen molar-refractivity contribution >= 4 is 15.8 Å². The van der Waals surface area contributed by atoms with Crippen LogP contribution in [0.25, 0.3) is 0 Å². The zero-order valence-corrected chi connectivity index (χ0v) is 10.5. The van der Waals surface area contributed by atoms with E-state index < -0.39 is 26.2 Å². The first-order valence-electron chi connectivity index (χ1n) is 5.19. The molecule has 1 saturated heterocycles. The first-order valence-corrected chi connectivity index (χ1v) is 6.84. The number of hydrogen-bond donors (Lipinski definition) is 2. The van der Waals surface area contributed by atoms with Gasteiger partial charge >= 0.3 is 5.97 Å². The molecule has 6 heteroatoms. The molecule has 0 bridgehead atoms. The molecule has 1 aliphatic heterocycles. The van der Waals surface area contributed by atoms with Crippen LogP contribution in [0.4, 0.5) is 0 Å². The molecule has 2 N–H and O–H groups in total. The summed E-state index contributed by atoms with van der Waals surface area (Å²) in [5.41, 5.74) is -1.86. The van der Waals surface area contributed by atoms with Gasteiger partial charge in [-0.05, 0) is 39.5 Å². The second-order valence-electron chi connectivity index (χ2n) is 5.19. The molecule has 1 aliphatic rings. The molecule has 0 saturated carbocycles. The highest BCUT2D eigenvalue weighted by Crippen LogP contribution is 2.41. The molecule has 0 radical (unpaired) electrons. The minimum atomic E-state index is -3.18. The van der Waals surface area contributed by atoms with Gasteiger partial charge in [-0.15, -0.1) is 0 Å². The van der Waals surface area contributed by atoms with Gasteiger partial charge in [0, 0.05) is 0 Å². The molecule has 0 amide bonds. The van der Waals surface area contributed by atoms with Crippen molar-refractivity contribution in [2.45, 2.75) is 44.0 Å². The molecule has 94 valence electrons. The van der Waals surface area contributed by atoms with Crippen molar-refractivity contribution in [3.63, 3.8) is 0 Å². The van der Waals surface area contributed by atoms with E-state index in [-0.39, 0.29) is 18.1 Å². The third-order valence-corrected chi connectivity index (χ3v) is 6.33. The lowest BCUT2D eigenvalue weighted by atomic mass is 9.83. The van der Waals surface area contributed by atoms with Crippen LogP contribution in [-0.2, 0) is 14.6 Å². The number of aliphatic hydroxyl groups is 1. The van der Waals surface area contributed by atoms with Gasteiger partial charge < -0.3 is 10.2 Å². The number of aliphatic carboxylic acids is 1. The molecule has 0 aromatic heterocycles. The highest BCUT2D eigenvalue weighted by Gasteiger charge is 2.50. The Bertz CT molecular complexity index is 393. The van der Waals surface area contributed by atoms with Gasteiger partial charge in [-0.1, -0.05) is 0 Å². The van der Waals surface area contributed by atoms with E-state index in [9.17, 15) is 18.3 Å². The minimum absolute atomic E-state index is 0.0332. The van der Waals surface area contributed by atoms with E-state index in [4.69, 9.17) is 5.11 Å². The zero-order valence-electron chi connectivity index (χ0n) is 9.73. The Balaban J connectivity index is 2.91. The average molecular weight is 250 g/mol. The van der Waals surface area contributed by atoms with E-state index >= 15 is 0 Å². The van der Waals surface area contributed by atoms with E-state index in [2.05, 4.69) is 0 Å². The molecule has 0 aromatic carbocycles. The van der Waals surface area contributed by atoms with Gasteiger partial charge in [-0.25, -0.2) is 13.2 Å². The quantitative estimate of drug-likeness (QED) is 0.757. The van der Waals surface area contributed by atoms with Crippen LogP contribution in [0.5, 0.6) is 0 Å². The number of carboxylic acids is 1. The third kappa shape index (κ3) is 2.08. The van der Waals surface area contributed by atoms with Gasteiger partial charge in [0.25, 0.3) is 0 Å². The van der Waals surface area contributed by atoms with Crippen molar-refractivity contribution < 1.29 is 23.4 Å². The summed E-state index contributed by atoms with van der Waals surface area (Å²) in [6.45, 7) is 4.40. The number of rotatable bonds is 3. The Kier molecular flexibility index (Phi) is 3.11. The molecular weight excluding hydrogens is 232 g/mol. The number of carboxylic acid groups (broad SMARTS) is 1. The summed E-state index contributed by atoms with van der Waals surface area (Å²) in [6.07, 6.45) is 0.382. The highest BCUT2D eigenvalue weighted by atomic mass is 32.2. The Morgan fingerprint density at radius 3 is 2.31 bits per heavy atom. The fourth-order valence-electron chi connectivity index (χ4n) is 2.08. The lowest BCUT2D eigenvalue weighted by Gasteiger charge is -2.30. The maximum Gasteiger partial charge on any atom is 0.335 e. The lowest BCUT2D eigenvalue weighted by Crippen LogP contribution is -2.42.